The zero-order valence-electron chi connectivity index (χ0n) is 11.9. The number of carboxylic acid groups (broad SMARTS) is 1. The summed E-state index contributed by atoms with van der Waals surface area (Å²) in [5.74, 6) is -1.09. The van der Waals surface area contributed by atoms with Crippen LogP contribution in [0.3, 0.4) is 0 Å². The first-order valence-corrected chi connectivity index (χ1v) is 7.35. The van der Waals surface area contributed by atoms with Crippen molar-refractivity contribution >= 4 is 29.3 Å². The van der Waals surface area contributed by atoms with Gasteiger partial charge in [-0.3, -0.25) is 0 Å². The molecule has 1 saturated carbocycles. The van der Waals surface area contributed by atoms with Gasteiger partial charge in [0.1, 0.15) is 0 Å². The normalized spacial score (nSPS) is 16.5. The number of carboxylic acids is 1. The van der Waals surface area contributed by atoms with Crippen LogP contribution in [0.15, 0.2) is 18.2 Å². The van der Waals surface area contributed by atoms with Crippen molar-refractivity contribution in [1.29, 1.82) is 0 Å². The summed E-state index contributed by atoms with van der Waals surface area (Å²) in [6, 6.07) is 4.02. The van der Waals surface area contributed by atoms with Crippen molar-refractivity contribution in [2.75, 3.05) is 11.9 Å². The Morgan fingerprint density at radius 2 is 2.00 bits per heavy atom. The highest BCUT2D eigenvalue weighted by Gasteiger charge is 2.28. The van der Waals surface area contributed by atoms with E-state index in [4.69, 9.17) is 16.7 Å². The number of carbonyl (C=O) groups excluding carboxylic acids is 1. The van der Waals surface area contributed by atoms with Gasteiger partial charge in [-0.2, -0.15) is 0 Å². The number of hydrogen-bond donors (Lipinski definition) is 3. The van der Waals surface area contributed by atoms with Crippen LogP contribution in [0.25, 0.3) is 0 Å². The monoisotopic (exact) mass is 310 g/mol. The fourth-order valence-electron chi connectivity index (χ4n) is 2.64. The van der Waals surface area contributed by atoms with Gasteiger partial charge in [0.25, 0.3) is 0 Å². The minimum atomic E-state index is -1.09. The lowest BCUT2D eigenvalue weighted by atomic mass is 9.89. The van der Waals surface area contributed by atoms with E-state index in [0.717, 1.165) is 12.8 Å². The fraction of sp³-hybridized carbons (Fsp3) is 0.467. The van der Waals surface area contributed by atoms with Crippen molar-refractivity contribution in [3.8, 4) is 0 Å². The highest BCUT2D eigenvalue weighted by Crippen LogP contribution is 2.36. The fourth-order valence-corrected chi connectivity index (χ4v) is 2.90. The molecule has 1 aromatic rings. The summed E-state index contributed by atoms with van der Waals surface area (Å²) in [7, 11) is 0. The average Bonchev–Trinajstić information content (AvgIpc) is 2.84. The maximum Gasteiger partial charge on any atom is 0.337 e. The largest absolute Gasteiger partial charge is 0.478 e. The van der Waals surface area contributed by atoms with Crippen LogP contribution in [0.2, 0.25) is 5.02 Å². The lowest BCUT2D eigenvalue weighted by Crippen LogP contribution is -2.36. The summed E-state index contributed by atoms with van der Waals surface area (Å²) in [6.45, 7) is 2.82. The molecule has 3 N–H and O–H groups in total. The number of carbonyl (C=O) groups is 2. The number of rotatable bonds is 4. The average molecular weight is 311 g/mol. The second kappa shape index (κ2) is 6.35. The van der Waals surface area contributed by atoms with Crippen molar-refractivity contribution in [3.63, 3.8) is 0 Å². The maximum atomic E-state index is 11.9. The summed E-state index contributed by atoms with van der Waals surface area (Å²) in [5, 5.41) is 14.5. The molecule has 2 rings (SSSR count). The zero-order valence-corrected chi connectivity index (χ0v) is 12.7. The first kappa shape index (κ1) is 15.6. The molecule has 21 heavy (non-hydrogen) atoms. The van der Waals surface area contributed by atoms with Gasteiger partial charge in [-0.25, -0.2) is 9.59 Å². The first-order chi connectivity index (χ1) is 9.89. The molecule has 1 aromatic carbocycles. The van der Waals surface area contributed by atoms with Gasteiger partial charge in [-0.05, 0) is 36.5 Å². The van der Waals surface area contributed by atoms with Crippen LogP contribution >= 0.6 is 11.6 Å². The van der Waals surface area contributed by atoms with Crippen LogP contribution in [-0.2, 0) is 0 Å². The van der Waals surface area contributed by atoms with Gasteiger partial charge in [0, 0.05) is 12.2 Å². The van der Waals surface area contributed by atoms with Gasteiger partial charge in [-0.1, -0.05) is 31.4 Å². The lowest BCUT2D eigenvalue weighted by Gasteiger charge is -2.23. The Hall–Kier alpha value is -1.75. The number of aromatic carboxylic acids is 1. The molecule has 5 nitrogen and oxygen atoms in total. The van der Waals surface area contributed by atoms with E-state index in [0.29, 0.717) is 12.2 Å². The highest BCUT2D eigenvalue weighted by molar-refractivity contribution is 6.33. The number of anilines is 1. The van der Waals surface area contributed by atoms with Gasteiger partial charge in [0.05, 0.1) is 10.6 Å². The number of halogens is 1. The molecule has 0 heterocycles. The van der Waals surface area contributed by atoms with E-state index in [9.17, 15) is 9.59 Å². The third kappa shape index (κ3) is 4.11. The Morgan fingerprint density at radius 1 is 1.33 bits per heavy atom. The number of urea groups is 1. The van der Waals surface area contributed by atoms with Crippen LogP contribution in [-0.4, -0.2) is 23.7 Å². The molecule has 114 valence electrons. The van der Waals surface area contributed by atoms with Gasteiger partial charge in [0.15, 0.2) is 0 Å². The zero-order chi connectivity index (χ0) is 15.5. The molecular weight excluding hydrogens is 292 g/mol. The summed E-state index contributed by atoms with van der Waals surface area (Å²) in [5.41, 5.74) is 0.669. The quantitative estimate of drug-likeness (QED) is 0.792. The van der Waals surface area contributed by atoms with E-state index in [-0.39, 0.29) is 22.0 Å². The molecule has 1 aliphatic rings. The van der Waals surface area contributed by atoms with Crippen molar-refractivity contribution in [2.24, 2.45) is 5.41 Å². The number of hydrogen-bond acceptors (Lipinski definition) is 2. The van der Waals surface area contributed by atoms with Crippen molar-refractivity contribution in [3.05, 3.63) is 28.8 Å². The van der Waals surface area contributed by atoms with E-state index in [1.165, 1.54) is 31.0 Å². The Labute approximate surface area is 128 Å². The Bertz CT molecular complexity index is 554. The van der Waals surface area contributed by atoms with Crippen LogP contribution < -0.4 is 10.6 Å². The molecule has 0 atom stereocenters. The second-order valence-electron chi connectivity index (χ2n) is 5.83. The third-order valence-electron chi connectivity index (χ3n) is 3.94. The molecular formula is C15H19ClN2O3. The Morgan fingerprint density at radius 3 is 2.57 bits per heavy atom. The molecule has 0 radical (unpaired) electrons. The molecule has 0 spiro atoms. The molecule has 0 aromatic heterocycles. The molecule has 6 heteroatoms. The van der Waals surface area contributed by atoms with E-state index >= 15 is 0 Å². The molecule has 2 amide bonds. The topological polar surface area (TPSA) is 78.4 Å². The summed E-state index contributed by atoms with van der Waals surface area (Å²) < 4.78 is 0. The van der Waals surface area contributed by atoms with Gasteiger partial charge < -0.3 is 15.7 Å². The van der Waals surface area contributed by atoms with Crippen molar-refractivity contribution in [1.82, 2.24) is 5.32 Å². The van der Waals surface area contributed by atoms with Gasteiger partial charge in [0.2, 0.25) is 0 Å². The van der Waals surface area contributed by atoms with Crippen molar-refractivity contribution in [2.45, 2.75) is 32.6 Å². The molecule has 0 bridgehead atoms. The maximum absolute atomic E-state index is 11.9. The molecule has 1 aliphatic carbocycles. The molecule has 0 aliphatic heterocycles. The van der Waals surface area contributed by atoms with Crippen LogP contribution in [0.5, 0.6) is 0 Å². The number of benzene rings is 1. The van der Waals surface area contributed by atoms with E-state index in [2.05, 4.69) is 17.6 Å². The molecule has 1 fully saturated rings. The minimum Gasteiger partial charge on any atom is -0.478 e. The van der Waals surface area contributed by atoms with Crippen LogP contribution in [0, 0.1) is 5.41 Å². The standard InChI is InChI=1S/C15H19ClN2O3/c1-15(6-2-3-7-15)9-17-14(21)18-10-4-5-11(13(19)20)12(16)8-10/h4-5,8H,2-3,6-7,9H2,1H3,(H,19,20)(H2,17,18,21). The predicted molar refractivity (Wildman–Crippen MR) is 82.0 cm³/mol. The van der Waals surface area contributed by atoms with Gasteiger partial charge in [-0.15, -0.1) is 0 Å². The van der Waals surface area contributed by atoms with E-state index in [1.54, 1.807) is 0 Å². The SMILES string of the molecule is CC1(CNC(=O)Nc2ccc(C(=O)O)c(Cl)c2)CCCC1. The third-order valence-corrected chi connectivity index (χ3v) is 4.26. The smallest absolute Gasteiger partial charge is 0.337 e. The summed E-state index contributed by atoms with van der Waals surface area (Å²) in [6.07, 6.45) is 4.69. The van der Waals surface area contributed by atoms with E-state index < -0.39 is 5.97 Å². The van der Waals surface area contributed by atoms with Crippen molar-refractivity contribution < 1.29 is 14.7 Å². The number of amides is 2. The Balaban J connectivity index is 1.90. The summed E-state index contributed by atoms with van der Waals surface area (Å²) >= 11 is 5.86. The molecule has 0 saturated heterocycles. The highest BCUT2D eigenvalue weighted by atomic mass is 35.5. The van der Waals surface area contributed by atoms with Crippen LogP contribution in [0.4, 0.5) is 10.5 Å². The lowest BCUT2D eigenvalue weighted by molar-refractivity contribution is 0.0697. The van der Waals surface area contributed by atoms with E-state index in [1.807, 2.05) is 0 Å². The first-order valence-electron chi connectivity index (χ1n) is 6.97. The summed E-state index contributed by atoms with van der Waals surface area (Å²) in [4.78, 5) is 22.7. The predicted octanol–water partition coefficient (Wildman–Crippen LogP) is 3.74. The van der Waals surface area contributed by atoms with Crippen LogP contribution in [0.1, 0.15) is 43.0 Å². The minimum absolute atomic E-state index is 0.0149. The second-order valence-corrected chi connectivity index (χ2v) is 6.23. The molecule has 0 unspecified atom stereocenters. The van der Waals surface area contributed by atoms with Gasteiger partial charge >= 0.3 is 12.0 Å². The number of nitrogens with one attached hydrogen (secondary N) is 2. The Kier molecular flexibility index (Phi) is 4.73.